The first-order valence-electron chi connectivity index (χ1n) is 11.4. The third kappa shape index (κ3) is 6.83. The number of allylic oxidation sites excluding steroid dienone is 2. The molecule has 1 amide bonds. The zero-order valence-corrected chi connectivity index (χ0v) is 21.1. The maximum Gasteiger partial charge on any atom is 0.416 e. The highest BCUT2D eigenvalue weighted by Gasteiger charge is 2.34. The number of benzene rings is 1. The van der Waals surface area contributed by atoms with E-state index in [1.54, 1.807) is 22.0 Å². The van der Waals surface area contributed by atoms with E-state index in [1.807, 2.05) is 25.7 Å². The van der Waals surface area contributed by atoms with Gasteiger partial charge in [0.25, 0.3) is 0 Å². The molecule has 35 heavy (non-hydrogen) atoms. The fourth-order valence-electron chi connectivity index (χ4n) is 3.98. The van der Waals surface area contributed by atoms with Crippen molar-refractivity contribution in [3.05, 3.63) is 59.7 Å². The van der Waals surface area contributed by atoms with E-state index in [-0.39, 0.29) is 12.6 Å². The van der Waals surface area contributed by atoms with Crippen LogP contribution in [0, 0.1) is 0 Å². The van der Waals surface area contributed by atoms with Gasteiger partial charge in [-0.3, -0.25) is 4.90 Å². The lowest BCUT2D eigenvalue weighted by Crippen LogP contribution is -2.52. The van der Waals surface area contributed by atoms with Crippen LogP contribution in [0.5, 0.6) is 0 Å². The van der Waals surface area contributed by atoms with Crippen LogP contribution in [0.1, 0.15) is 26.3 Å². The van der Waals surface area contributed by atoms with E-state index in [1.165, 1.54) is 17.8 Å². The standard InChI is InChI=1S/C25H32F3N3O3S/c1-6-19-21(7-2)35-22-9-8-17(25(26,27)28)14-20(22)31(19)16-18(32)15-29-10-12-30(13-11-29)23(33)34-24(3,4)5/h6-9,14,18,32H,1-2,10-13,15-16H2,3-5H3. The number of thioether (sulfide) groups is 1. The van der Waals surface area contributed by atoms with Crippen LogP contribution < -0.4 is 4.90 Å². The van der Waals surface area contributed by atoms with Crippen LogP contribution in [0.4, 0.5) is 23.7 Å². The van der Waals surface area contributed by atoms with Gasteiger partial charge < -0.3 is 19.6 Å². The predicted molar refractivity (Wildman–Crippen MR) is 132 cm³/mol. The molecule has 1 fully saturated rings. The molecule has 1 aromatic carbocycles. The summed E-state index contributed by atoms with van der Waals surface area (Å²) in [6.45, 7) is 15.5. The lowest BCUT2D eigenvalue weighted by atomic mass is 10.1. The quantitative estimate of drug-likeness (QED) is 0.573. The summed E-state index contributed by atoms with van der Waals surface area (Å²) in [5, 5.41) is 10.9. The van der Waals surface area contributed by atoms with E-state index in [9.17, 15) is 23.1 Å². The normalized spacial score (nSPS) is 18.3. The Morgan fingerprint density at radius 3 is 2.34 bits per heavy atom. The molecule has 1 N–H and O–H groups in total. The molecule has 0 aliphatic carbocycles. The summed E-state index contributed by atoms with van der Waals surface area (Å²) in [5.74, 6) is 0. The lowest BCUT2D eigenvalue weighted by Gasteiger charge is -2.38. The highest BCUT2D eigenvalue weighted by atomic mass is 32.2. The van der Waals surface area contributed by atoms with Crippen molar-refractivity contribution in [2.75, 3.05) is 44.2 Å². The Labute approximate surface area is 208 Å². The van der Waals surface area contributed by atoms with E-state index < -0.39 is 23.4 Å². The molecule has 0 spiro atoms. The zero-order chi connectivity index (χ0) is 26.0. The molecule has 0 aromatic heterocycles. The van der Waals surface area contributed by atoms with Gasteiger partial charge >= 0.3 is 12.3 Å². The molecule has 2 aliphatic heterocycles. The van der Waals surface area contributed by atoms with Crippen LogP contribution in [-0.2, 0) is 10.9 Å². The number of aliphatic hydroxyl groups excluding tert-OH is 1. The fraction of sp³-hybridized carbons (Fsp3) is 0.480. The van der Waals surface area contributed by atoms with Crippen LogP contribution in [-0.4, -0.2) is 72.0 Å². The summed E-state index contributed by atoms with van der Waals surface area (Å²) in [6, 6.07) is 3.61. The Morgan fingerprint density at radius 1 is 1.14 bits per heavy atom. The number of fused-ring (bicyclic) bond motifs is 1. The molecule has 0 bridgehead atoms. The molecule has 1 atom stereocenters. The third-order valence-corrected chi connectivity index (χ3v) is 6.77. The van der Waals surface area contributed by atoms with Crippen LogP contribution in [0.25, 0.3) is 0 Å². The van der Waals surface area contributed by atoms with Crippen LogP contribution >= 0.6 is 11.8 Å². The van der Waals surface area contributed by atoms with Crippen LogP contribution in [0.15, 0.2) is 59.0 Å². The van der Waals surface area contributed by atoms with Gasteiger partial charge in [0.05, 0.1) is 29.6 Å². The van der Waals surface area contributed by atoms with Crippen LogP contribution in [0.3, 0.4) is 0 Å². The number of carbonyl (C=O) groups is 1. The monoisotopic (exact) mass is 511 g/mol. The van der Waals surface area contributed by atoms with Crippen molar-refractivity contribution in [3.8, 4) is 0 Å². The molecule has 1 aromatic rings. The largest absolute Gasteiger partial charge is 0.444 e. The first kappa shape index (κ1) is 27.2. The van der Waals surface area contributed by atoms with Gasteiger partial charge in [0.1, 0.15) is 5.60 Å². The second-order valence-corrected chi connectivity index (χ2v) is 10.6. The second-order valence-electron chi connectivity index (χ2n) is 9.47. The second kappa shape index (κ2) is 10.7. The van der Waals surface area contributed by atoms with Gasteiger partial charge in [0, 0.05) is 42.5 Å². The number of nitrogens with zero attached hydrogens (tertiary/aromatic N) is 3. The number of β-amino-alcohol motifs (C(OH)–C–C–N with tert-alkyl or cyclic N) is 1. The molecule has 3 rings (SSSR count). The zero-order valence-electron chi connectivity index (χ0n) is 20.3. The van der Waals surface area contributed by atoms with E-state index in [2.05, 4.69) is 13.2 Å². The van der Waals surface area contributed by atoms with Crippen molar-refractivity contribution >= 4 is 23.5 Å². The molecular weight excluding hydrogens is 479 g/mol. The number of amides is 1. The topological polar surface area (TPSA) is 56.2 Å². The Kier molecular flexibility index (Phi) is 8.28. The van der Waals surface area contributed by atoms with Crippen molar-refractivity contribution in [1.82, 2.24) is 9.80 Å². The minimum atomic E-state index is -4.48. The van der Waals surface area contributed by atoms with Crippen molar-refractivity contribution in [2.24, 2.45) is 0 Å². The van der Waals surface area contributed by atoms with Gasteiger partial charge in [-0.2, -0.15) is 13.2 Å². The number of ether oxygens (including phenoxy) is 1. The first-order valence-corrected chi connectivity index (χ1v) is 12.2. The number of hydrogen-bond acceptors (Lipinski definition) is 6. The number of aliphatic hydroxyl groups is 1. The number of halogens is 3. The molecule has 1 saturated heterocycles. The van der Waals surface area contributed by atoms with Gasteiger partial charge in [-0.15, -0.1) is 0 Å². The minimum absolute atomic E-state index is 0.0832. The summed E-state index contributed by atoms with van der Waals surface area (Å²) in [6.07, 6.45) is -2.49. The molecule has 1 unspecified atom stereocenters. The SMILES string of the molecule is C=CC1=C(C=C)N(CC(O)CN2CCN(C(=O)OC(C)(C)C)CC2)c2cc(C(F)(F)F)ccc2S1. The predicted octanol–water partition coefficient (Wildman–Crippen LogP) is 5.11. The fourth-order valence-corrected chi connectivity index (χ4v) is 5.01. The molecule has 2 aliphatic rings. The summed E-state index contributed by atoms with van der Waals surface area (Å²) < 4.78 is 45.6. The summed E-state index contributed by atoms with van der Waals surface area (Å²) in [4.78, 5) is 19.0. The molecule has 6 nitrogen and oxygen atoms in total. The van der Waals surface area contributed by atoms with Crippen molar-refractivity contribution in [2.45, 2.75) is 43.5 Å². The van der Waals surface area contributed by atoms with Gasteiger partial charge in [-0.1, -0.05) is 31.0 Å². The minimum Gasteiger partial charge on any atom is -0.444 e. The van der Waals surface area contributed by atoms with Gasteiger partial charge in [-0.05, 0) is 45.0 Å². The lowest BCUT2D eigenvalue weighted by molar-refractivity contribution is -0.137. The third-order valence-electron chi connectivity index (χ3n) is 5.61. The van der Waals surface area contributed by atoms with Crippen LogP contribution in [0.2, 0.25) is 0 Å². The Hall–Kier alpha value is -2.43. The van der Waals surface area contributed by atoms with Crippen molar-refractivity contribution < 1.29 is 27.8 Å². The molecule has 0 saturated carbocycles. The highest BCUT2D eigenvalue weighted by molar-refractivity contribution is 8.03. The Morgan fingerprint density at radius 2 is 1.80 bits per heavy atom. The number of alkyl halides is 3. The average Bonchev–Trinajstić information content (AvgIpc) is 2.77. The van der Waals surface area contributed by atoms with E-state index in [4.69, 9.17) is 4.74 Å². The number of rotatable bonds is 6. The first-order chi connectivity index (χ1) is 16.3. The van der Waals surface area contributed by atoms with E-state index in [0.717, 1.165) is 17.0 Å². The number of carbonyl (C=O) groups excluding carboxylic acids is 1. The van der Waals surface area contributed by atoms with Crippen molar-refractivity contribution in [3.63, 3.8) is 0 Å². The summed E-state index contributed by atoms with van der Waals surface area (Å²) in [5.41, 5.74) is -0.343. The molecular formula is C25H32F3N3O3S. The Bertz CT molecular complexity index is 996. The van der Waals surface area contributed by atoms with Gasteiger partial charge in [0.2, 0.25) is 0 Å². The average molecular weight is 512 g/mol. The number of anilines is 1. The molecule has 0 radical (unpaired) electrons. The summed E-state index contributed by atoms with van der Waals surface area (Å²) >= 11 is 1.32. The smallest absolute Gasteiger partial charge is 0.416 e. The summed E-state index contributed by atoms with van der Waals surface area (Å²) in [7, 11) is 0. The van der Waals surface area contributed by atoms with Gasteiger partial charge in [0.15, 0.2) is 0 Å². The highest BCUT2D eigenvalue weighted by Crippen LogP contribution is 2.46. The maximum atomic E-state index is 13.4. The number of hydrogen-bond donors (Lipinski definition) is 1. The van der Waals surface area contributed by atoms with Gasteiger partial charge in [-0.25, -0.2) is 4.79 Å². The number of piperazine rings is 1. The molecule has 10 heteroatoms. The maximum absolute atomic E-state index is 13.4. The Balaban J connectivity index is 1.71. The van der Waals surface area contributed by atoms with E-state index in [0.29, 0.717) is 49.0 Å². The van der Waals surface area contributed by atoms with Crippen molar-refractivity contribution in [1.29, 1.82) is 0 Å². The molecule has 2 heterocycles. The van der Waals surface area contributed by atoms with E-state index >= 15 is 0 Å². The molecule has 192 valence electrons.